The second-order valence-corrected chi connectivity index (χ2v) is 6.48. The van der Waals surface area contributed by atoms with Gasteiger partial charge in [-0.3, -0.25) is 14.6 Å². The molecule has 1 aliphatic heterocycles. The van der Waals surface area contributed by atoms with Crippen LogP contribution in [-0.2, 0) is 16.1 Å². The number of nitrogens with one attached hydrogen (secondary N) is 1. The highest BCUT2D eigenvalue weighted by molar-refractivity contribution is 5.76. The monoisotopic (exact) mass is 319 g/mol. The molecule has 1 saturated carbocycles. The van der Waals surface area contributed by atoms with E-state index < -0.39 is 0 Å². The van der Waals surface area contributed by atoms with Crippen LogP contribution in [0.2, 0.25) is 0 Å². The molecule has 1 saturated heterocycles. The van der Waals surface area contributed by atoms with Gasteiger partial charge in [0.15, 0.2) is 0 Å². The topological polar surface area (TPSA) is 74.7 Å². The Labute approximate surface area is 136 Å². The summed E-state index contributed by atoms with van der Waals surface area (Å²) in [5.74, 6) is 0.408. The Bertz CT molecular complexity index is 499. The minimum Gasteiger partial charge on any atom is -0.393 e. The Balaban J connectivity index is 1.51. The molecular formula is C17H25N3O3. The minimum atomic E-state index is -0.213. The maximum absolute atomic E-state index is 12.3. The zero-order valence-electron chi connectivity index (χ0n) is 13.4. The molecule has 1 atom stereocenters. The van der Waals surface area contributed by atoms with Crippen LogP contribution in [0.4, 0.5) is 0 Å². The molecule has 0 radical (unpaired) electrons. The lowest BCUT2D eigenvalue weighted by atomic mass is 9.75. The van der Waals surface area contributed by atoms with Gasteiger partial charge in [0.05, 0.1) is 12.7 Å². The van der Waals surface area contributed by atoms with Crippen molar-refractivity contribution in [2.24, 2.45) is 5.92 Å². The molecule has 0 bridgehead atoms. The number of aliphatic hydroxyl groups is 1. The van der Waals surface area contributed by atoms with Crippen molar-refractivity contribution in [3.8, 4) is 0 Å². The fourth-order valence-corrected chi connectivity index (χ4v) is 3.25. The maximum Gasteiger partial charge on any atom is 0.221 e. The lowest BCUT2D eigenvalue weighted by Gasteiger charge is -2.38. The average Bonchev–Trinajstić information content (AvgIpc) is 3.04. The molecule has 0 aromatic carbocycles. The number of hydrogen-bond donors (Lipinski definition) is 2. The maximum atomic E-state index is 12.3. The molecule has 1 amide bonds. The highest BCUT2D eigenvalue weighted by atomic mass is 16.7. The summed E-state index contributed by atoms with van der Waals surface area (Å²) in [5, 5.41) is 14.6. The van der Waals surface area contributed by atoms with Gasteiger partial charge in [-0.2, -0.15) is 5.06 Å². The fraction of sp³-hybridized carbons (Fsp3) is 0.647. The van der Waals surface area contributed by atoms with Gasteiger partial charge in [-0.15, -0.1) is 0 Å². The number of hydrogen-bond acceptors (Lipinski definition) is 5. The van der Waals surface area contributed by atoms with Crippen molar-refractivity contribution in [1.29, 1.82) is 0 Å². The Morgan fingerprint density at radius 1 is 1.43 bits per heavy atom. The molecule has 6 nitrogen and oxygen atoms in total. The largest absolute Gasteiger partial charge is 0.393 e. The second-order valence-electron chi connectivity index (χ2n) is 6.48. The first-order valence-electron chi connectivity index (χ1n) is 8.45. The molecule has 126 valence electrons. The lowest BCUT2D eigenvalue weighted by molar-refractivity contribution is -0.131. The summed E-state index contributed by atoms with van der Waals surface area (Å²) in [6.45, 7) is 2.30. The van der Waals surface area contributed by atoms with Crippen LogP contribution in [0.5, 0.6) is 0 Å². The molecule has 6 heteroatoms. The number of amides is 1. The SMILES string of the molecule is O=C(CCN1CCCO1)N[C@H](Cc1ccncc1)C1CC(O)C1. The van der Waals surface area contributed by atoms with E-state index in [1.165, 1.54) is 0 Å². The second kappa shape index (κ2) is 7.86. The quantitative estimate of drug-likeness (QED) is 0.781. The zero-order valence-corrected chi connectivity index (χ0v) is 13.4. The third-order valence-corrected chi connectivity index (χ3v) is 4.68. The molecule has 0 spiro atoms. The van der Waals surface area contributed by atoms with E-state index in [2.05, 4.69) is 10.3 Å². The molecule has 1 aliphatic carbocycles. The summed E-state index contributed by atoms with van der Waals surface area (Å²) in [6, 6.07) is 4.03. The molecule has 1 aromatic rings. The number of carbonyl (C=O) groups is 1. The van der Waals surface area contributed by atoms with Gasteiger partial charge in [-0.25, -0.2) is 0 Å². The molecule has 2 N–H and O–H groups in total. The molecule has 3 rings (SSSR count). The van der Waals surface area contributed by atoms with E-state index in [4.69, 9.17) is 4.84 Å². The number of hydroxylamine groups is 2. The van der Waals surface area contributed by atoms with Crippen molar-refractivity contribution < 1.29 is 14.7 Å². The first-order chi connectivity index (χ1) is 11.2. The standard InChI is InChI=1S/C17H25N3O3/c21-15-11-14(12-15)16(10-13-2-5-18-6-3-13)19-17(22)4-8-20-7-1-9-23-20/h2-3,5-6,14-16,21H,1,4,7-12H2,(H,19,22)/t14?,15?,16-/m1/s1. The van der Waals surface area contributed by atoms with E-state index in [9.17, 15) is 9.90 Å². The van der Waals surface area contributed by atoms with Crippen LogP contribution >= 0.6 is 0 Å². The molecule has 0 unspecified atom stereocenters. The van der Waals surface area contributed by atoms with Crippen molar-refractivity contribution in [3.05, 3.63) is 30.1 Å². The van der Waals surface area contributed by atoms with E-state index >= 15 is 0 Å². The van der Waals surface area contributed by atoms with E-state index in [1.54, 1.807) is 12.4 Å². The van der Waals surface area contributed by atoms with E-state index in [-0.39, 0.29) is 18.1 Å². The van der Waals surface area contributed by atoms with E-state index in [0.717, 1.165) is 44.4 Å². The number of aliphatic hydroxyl groups excluding tert-OH is 1. The Morgan fingerprint density at radius 2 is 2.22 bits per heavy atom. The Morgan fingerprint density at radius 3 is 2.87 bits per heavy atom. The number of carbonyl (C=O) groups excluding carboxylic acids is 1. The van der Waals surface area contributed by atoms with Crippen LogP contribution < -0.4 is 5.32 Å². The lowest BCUT2D eigenvalue weighted by Crippen LogP contribution is -2.48. The highest BCUT2D eigenvalue weighted by Crippen LogP contribution is 2.31. The van der Waals surface area contributed by atoms with Gasteiger partial charge in [-0.05, 0) is 49.3 Å². The molecule has 2 aliphatic rings. The van der Waals surface area contributed by atoms with Crippen LogP contribution in [0.15, 0.2) is 24.5 Å². The summed E-state index contributed by atoms with van der Waals surface area (Å²) in [7, 11) is 0. The number of rotatable bonds is 7. The van der Waals surface area contributed by atoms with E-state index in [1.807, 2.05) is 17.2 Å². The molecule has 23 heavy (non-hydrogen) atoms. The van der Waals surface area contributed by atoms with Gasteiger partial charge in [0.2, 0.25) is 5.91 Å². The van der Waals surface area contributed by atoms with Crippen LogP contribution in [0.25, 0.3) is 0 Å². The molecule has 1 aromatic heterocycles. The van der Waals surface area contributed by atoms with Crippen LogP contribution in [0, 0.1) is 5.92 Å². The van der Waals surface area contributed by atoms with Crippen LogP contribution in [0.3, 0.4) is 0 Å². The highest BCUT2D eigenvalue weighted by Gasteiger charge is 2.34. The third-order valence-electron chi connectivity index (χ3n) is 4.68. The summed E-state index contributed by atoms with van der Waals surface area (Å²) in [6.07, 6.45) is 7.13. The van der Waals surface area contributed by atoms with Crippen LogP contribution in [-0.4, -0.2) is 52.9 Å². The van der Waals surface area contributed by atoms with Gasteiger partial charge in [0.1, 0.15) is 0 Å². The van der Waals surface area contributed by atoms with E-state index in [0.29, 0.717) is 18.9 Å². The summed E-state index contributed by atoms with van der Waals surface area (Å²) in [5.41, 5.74) is 1.16. The first kappa shape index (κ1) is 16.4. The smallest absolute Gasteiger partial charge is 0.221 e. The summed E-state index contributed by atoms with van der Waals surface area (Å²) < 4.78 is 0. The van der Waals surface area contributed by atoms with Gasteiger partial charge < -0.3 is 10.4 Å². The first-order valence-corrected chi connectivity index (χ1v) is 8.45. The molecule has 2 heterocycles. The predicted octanol–water partition coefficient (Wildman–Crippen LogP) is 0.907. The minimum absolute atomic E-state index is 0.0564. The van der Waals surface area contributed by atoms with Gasteiger partial charge in [0.25, 0.3) is 0 Å². The average molecular weight is 319 g/mol. The van der Waals surface area contributed by atoms with Crippen molar-refractivity contribution in [2.45, 2.75) is 44.2 Å². The van der Waals surface area contributed by atoms with Gasteiger partial charge in [0, 0.05) is 37.9 Å². The van der Waals surface area contributed by atoms with Gasteiger partial charge >= 0.3 is 0 Å². The predicted molar refractivity (Wildman–Crippen MR) is 85.4 cm³/mol. The molecule has 2 fully saturated rings. The van der Waals surface area contributed by atoms with Crippen molar-refractivity contribution in [1.82, 2.24) is 15.4 Å². The number of aromatic nitrogens is 1. The number of pyridine rings is 1. The normalized spacial score (nSPS) is 25.8. The van der Waals surface area contributed by atoms with Gasteiger partial charge in [-0.1, -0.05) is 0 Å². The molecular weight excluding hydrogens is 294 g/mol. The third kappa shape index (κ3) is 4.73. The van der Waals surface area contributed by atoms with Crippen molar-refractivity contribution >= 4 is 5.91 Å². The van der Waals surface area contributed by atoms with Crippen LogP contribution in [0.1, 0.15) is 31.2 Å². The zero-order chi connectivity index (χ0) is 16.1. The summed E-state index contributed by atoms with van der Waals surface area (Å²) in [4.78, 5) is 21.7. The fourth-order valence-electron chi connectivity index (χ4n) is 3.25. The summed E-state index contributed by atoms with van der Waals surface area (Å²) >= 11 is 0. The van der Waals surface area contributed by atoms with Crippen molar-refractivity contribution in [3.63, 3.8) is 0 Å². The Kier molecular flexibility index (Phi) is 5.59. The van der Waals surface area contributed by atoms with Crippen molar-refractivity contribution in [2.75, 3.05) is 19.7 Å². The Hall–Kier alpha value is -1.50. The number of nitrogens with zero attached hydrogens (tertiary/aromatic N) is 2.